The third-order valence-corrected chi connectivity index (χ3v) is 6.59. The molecule has 3 aromatic rings. The number of hydrogen-bond acceptors (Lipinski definition) is 5. The number of para-hydroxylation sites is 2. The molecule has 0 spiro atoms. The Labute approximate surface area is 192 Å². The third kappa shape index (κ3) is 5.59. The monoisotopic (exact) mass is 448 g/mol. The van der Waals surface area contributed by atoms with Crippen molar-refractivity contribution in [3.8, 4) is 0 Å². The van der Waals surface area contributed by atoms with Gasteiger partial charge in [0, 0.05) is 36.5 Å². The van der Waals surface area contributed by atoms with Crippen LogP contribution in [0.2, 0.25) is 0 Å². The van der Waals surface area contributed by atoms with Gasteiger partial charge >= 0.3 is 0 Å². The fraction of sp³-hybridized carbons (Fsp3) is 0.320. The highest BCUT2D eigenvalue weighted by molar-refractivity contribution is 7.98. The zero-order valence-corrected chi connectivity index (χ0v) is 19.1. The van der Waals surface area contributed by atoms with Gasteiger partial charge in [0.05, 0.1) is 11.4 Å². The summed E-state index contributed by atoms with van der Waals surface area (Å²) in [6.45, 7) is 3.86. The van der Waals surface area contributed by atoms with E-state index in [1.807, 2.05) is 61.5 Å². The lowest BCUT2D eigenvalue weighted by atomic mass is 10.1. The minimum Gasteiger partial charge on any atom is -0.370 e. The molecule has 1 aromatic heterocycles. The number of carbonyl (C=O) groups excluding carboxylic acids is 1. The maximum absolute atomic E-state index is 12.6. The standard InChI is InChI=1S/C25H28N4O2S/c1-18-20(24(31)28-25(26-18)32-17-19-9-3-2-4-10-19)13-14-23(30)27-21-11-5-6-12-22(21)29-15-7-8-16-29/h2-6,9-12H,7-8,13-17H2,1H3,(H,27,30)(H,26,28,31). The maximum atomic E-state index is 12.6. The van der Waals surface area contributed by atoms with Gasteiger partial charge in [0.15, 0.2) is 5.16 Å². The summed E-state index contributed by atoms with van der Waals surface area (Å²) in [6.07, 6.45) is 2.94. The Kier molecular flexibility index (Phi) is 7.27. The van der Waals surface area contributed by atoms with E-state index in [9.17, 15) is 9.59 Å². The van der Waals surface area contributed by atoms with Gasteiger partial charge in [0.1, 0.15) is 0 Å². The van der Waals surface area contributed by atoms with Crippen molar-refractivity contribution in [3.05, 3.63) is 81.8 Å². The van der Waals surface area contributed by atoms with Crippen molar-refractivity contribution < 1.29 is 4.79 Å². The number of aromatic nitrogens is 2. The summed E-state index contributed by atoms with van der Waals surface area (Å²) in [5.41, 5.74) is 4.14. The predicted molar refractivity (Wildman–Crippen MR) is 130 cm³/mol. The zero-order chi connectivity index (χ0) is 22.3. The first kappa shape index (κ1) is 22.1. The van der Waals surface area contributed by atoms with Crippen molar-refractivity contribution in [2.45, 2.75) is 43.5 Å². The molecular weight excluding hydrogens is 420 g/mol. The van der Waals surface area contributed by atoms with Crippen LogP contribution >= 0.6 is 11.8 Å². The molecule has 0 unspecified atom stereocenters. The molecule has 0 atom stereocenters. The van der Waals surface area contributed by atoms with E-state index in [2.05, 4.69) is 20.2 Å². The number of nitrogens with zero attached hydrogens (tertiary/aromatic N) is 2. The van der Waals surface area contributed by atoms with E-state index >= 15 is 0 Å². The second kappa shape index (κ2) is 10.5. The van der Waals surface area contributed by atoms with E-state index in [1.54, 1.807) is 0 Å². The van der Waals surface area contributed by atoms with E-state index in [1.165, 1.54) is 30.2 Å². The molecule has 2 heterocycles. The van der Waals surface area contributed by atoms with E-state index in [0.717, 1.165) is 30.2 Å². The average Bonchev–Trinajstić information content (AvgIpc) is 3.33. The molecule has 6 nitrogen and oxygen atoms in total. The van der Waals surface area contributed by atoms with Crippen molar-refractivity contribution >= 4 is 29.0 Å². The summed E-state index contributed by atoms with van der Waals surface area (Å²) in [5.74, 6) is 0.638. The number of amides is 1. The summed E-state index contributed by atoms with van der Waals surface area (Å²) in [4.78, 5) is 35.0. The molecule has 1 saturated heterocycles. The topological polar surface area (TPSA) is 78.1 Å². The molecule has 7 heteroatoms. The number of benzene rings is 2. The lowest BCUT2D eigenvalue weighted by Crippen LogP contribution is -2.22. The molecule has 2 N–H and O–H groups in total. The number of aryl methyl sites for hydroxylation is 1. The summed E-state index contributed by atoms with van der Waals surface area (Å²) in [7, 11) is 0. The molecular formula is C25H28N4O2S. The van der Waals surface area contributed by atoms with Gasteiger partial charge < -0.3 is 15.2 Å². The highest BCUT2D eigenvalue weighted by Crippen LogP contribution is 2.28. The van der Waals surface area contributed by atoms with E-state index < -0.39 is 0 Å². The van der Waals surface area contributed by atoms with Crippen LogP contribution in [0.3, 0.4) is 0 Å². The number of thioether (sulfide) groups is 1. The molecule has 166 valence electrons. The molecule has 32 heavy (non-hydrogen) atoms. The van der Waals surface area contributed by atoms with E-state index in [-0.39, 0.29) is 17.9 Å². The third-order valence-electron chi connectivity index (χ3n) is 5.65. The summed E-state index contributed by atoms with van der Waals surface area (Å²) >= 11 is 1.50. The number of H-pyrrole nitrogens is 1. The van der Waals surface area contributed by atoms with Gasteiger partial charge in [-0.3, -0.25) is 9.59 Å². The van der Waals surface area contributed by atoms with Crippen molar-refractivity contribution in [2.24, 2.45) is 0 Å². The van der Waals surface area contributed by atoms with Crippen LogP contribution in [-0.4, -0.2) is 29.0 Å². The average molecular weight is 449 g/mol. The van der Waals surface area contributed by atoms with Crippen LogP contribution in [0.4, 0.5) is 11.4 Å². The minimum atomic E-state index is -0.168. The highest BCUT2D eigenvalue weighted by atomic mass is 32.2. The summed E-state index contributed by atoms with van der Waals surface area (Å²) in [6, 6.07) is 18.0. The summed E-state index contributed by atoms with van der Waals surface area (Å²) in [5, 5.41) is 3.63. The molecule has 1 aliphatic heterocycles. The lowest BCUT2D eigenvalue weighted by Gasteiger charge is -2.21. The van der Waals surface area contributed by atoms with Crippen LogP contribution in [0.1, 0.15) is 36.1 Å². The van der Waals surface area contributed by atoms with Crippen LogP contribution in [0.15, 0.2) is 64.5 Å². The number of carbonyl (C=O) groups is 1. The first-order valence-electron chi connectivity index (χ1n) is 11.0. The quantitative estimate of drug-likeness (QED) is 0.391. The second-order valence-electron chi connectivity index (χ2n) is 7.97. The Hall–Kier alpha value is -3.06. The maximum Gasteiger partial charge on any atom is 0.254 e. The first-order chi connectivity index (χ1) is 15.6. The van der Waals surface area contributed by atoms with Crippen molar-refractivity contribution in [2.75, 3.05) is 23.3 Å². The van der Waals surface area contributed by atoms with E-state index in [4.69, 9.17) is 0 Å². The SMILES string of the molecule is Cc1nc(SCc2ccccc2)[nH]c(=O)c1CCC(=O)Nc1ccccc1N1CCCC1. The minimum absolute atomic E-state index is 0.0991. The molecule has 0 aliphatic carbocycles. The Morgan fingerprint density at radius 2 is 1.81 bits per heavy atom. The normalized spacial score (nSPS) is 13.3. The van der Waals surface area contributed by atoms with Crippen LogP contribution in [0.25, 0.3) is 0 Å². The van der Waals surface area contributed by atoms with Gasteiger partial charge in [-0.1, -0.05) is 54.2 Å². The van der Waals surface area contributed by atoms with Gasteiger partial charge in [-0.2, -0.15) is 0 Å². The largest absolute Gasteiger partial charge is 0.370 e. The molecule has 1 amide bonds. The Balaban J connectivity index is 1.36. The second-order valence-corrected chi connectivity index (χ2v) is 8.93. The number of hydrogen-bond donors (Lipinski definition) is 2. The van der Waals surface area contributed by atoms with Gasteiger partial charge in [0.2, 0.25) is 5.91 Å². The van der Waals surface area contributed by atoms with Crippen LogP contribution < -0.4 is 15.8 Å². The Morgan fingerprint density at radius 3 is 2.56 bits per heavy atom. The number of rotatable bonds is 8. The first-order valence-corrected chi connectivity index (χ1v) is 12.0. The number of nitrogens with one attached hydrogen (secondary N) is 2. The van der Waals surface area contributed by atoms with Gasteiger partial charge in [0.25, 0.3) is 5.56 Å². The zero-order valence-electron chi connectivity index (χ0n) is 18.3. The predicted octanol–water partition coefficient (Wildman–Crippen LogP) is 4.54. The molecule has 2 aromatic carbocycles. The van der Waals surface area contributed by atoms with Gasteiger partial charge in [-0.25, -0.2) is 4.98 Å². The van der Waals surface area contributed by atoms with Crippen LogP contribution in [0, 0.1) is 6.92 Å². The van der Waals surface area contributed by atoms with Crippen molar-refractivity contribution in [1.29, 1.82) is 0 Å². The smallest absolute Gasteiger partial charge is 0.254 e. The van der Waals surface area contributed by atoms with Crippen molar-refractivity contribution in [3.63, 3.8) is 0 Å². The number of aromatic amines is 1. The Bertz CT molecular complexity index is 1120. The molecule has 0 bridgehead atoms. The molecule has 4 rings (SSSR count). The summed E-state index contributed by atoms with van der Waals surface area (Å²) < 4.78 is 0. The molecule has 0 saturated carbocycles. The van der Waals surface area contributed by atoms with Gasteiger partial charge in [-0.05, 0) is 43.9 Å². The Morgan fingerprint density at radius 1 is 1.09 bits per heavy atom. The fourth-order valence-corrected chi connectivity index (χ4v) is 4.80. The van der Waals surface area contributed by atoms with Crippen LogP contribution in [0.5, 0.6) is 0 Å². The molecule has 0 radical (unpaired) electrons. The lowest BCUT2D eigenvalue weighted by molar-refractivity contribution is -0.116. The molecule has 1 aliphatic rings. The van der Waals surface area contributed by atoms with Crippen LogP contribution in [-0.2, 0) is 17.0 Å². The van der Waals surface area contributed by atoms with E-state index in [0.29, 0.717) is 22.8 Å². The number of anilines is 2. The molecule has 1 fully saturated rings. The van der Waals surface area contributed by atoms with Gasteiger partial charge in [-0.15, -0.1) is 0 Å². The fourth-order valence-electron chi connectivity index (χ4n) is 3.94. The van der Waals surface area contributed by atoms with Crippen molar-refractivity contribution in [1.82, 2.24) is 9.97 Å². The highest BCUT2D eigenvalue weighted by Gasteiger charge is 2.17.